The molecule has 1 heterocycles. The molecule has 2 N–H and O–H groups in total. The lowest BCUT2D eigenvalue weighted by molar-refractivity contribution is 0.0903. The maximum absolute atomic E-state index is 12.2. The van der Waals surface area contributed by atoms with Crippen molar-refractivity contribution in [1.29, 1.82) is 0 Å². The second-order valence-corrected chi connectivity index (χ2v) is 4.53. The number of anilines is 1. The molecule has 1 fully saturated rings. The van der Waals surface area contributed by atoms with Crippen LogP contribution in [-0.2, 0) is 0 Å². The maximum atomic E-state index is 12.2. The number of nitrogens with zero attached hydrogens (tertiary/aromatic N) is 1. The van der Waals surface area contributed by atoms with Crippen molar-refractivity contribution >= 4 is 11.5 Å². The maximum Gasteiger partial charge on any atom is 0.184 e. The molecule has 3 heteroatoms. The van der Waals surface area contributed by atoms with Crippen molar-refractivity contribution in [2.24, 2.45) is 5.92 Å². The standard InChI is InChI=1S/C13H18N2O/c14-11-7-8-12(15-9-11)13(16)10-5-3-1-2-4-6-10/h7-10H,1-6,14H2. The highest BCUT2D eigenvalue weighted by Gasteiger charge is 2.21. The van der Waals surface area contributed by atoms with Crippen LogP contribution in [0.2, 0.25) is 0 Å². The highest BCUT2D eigenvalue weighted by Crippen LogP contribution is 2.25. The minimum atomic E-state index is 0.179. The number of aromatic nitrogens is 1. The van der Waals surface area contributed by atoms with Gasteiger partial charge < -0.3 is 5.73 Å². The van der Waals surface area contributed by atoms with Crippen LogP contribution in [0.4, 0.5) is 5.69 Å². The molecule has 0 bridgehead atoms. The molecule has 1 aromatic rings. The molecule has 0 atom stereocenters. The third-order valence-corrected chi connectivity index (χ3v) is 3.26. The Kier molecular flexibility index (Phi) is 3.54. The molecule has 86 valence electrons. The zero-order valence-corrected chi connectivity index (χ0v) is 9.48. The van der Waals surface area contributed by atoms with Gasteiger partial charge >= 0.3 is 0 Å². The molecule has 0 spiro atoms. The number of hydrogen-bond donors (Lipinski definition) is 1. The van der Waals surface area contributed by atoms with Crippen LogP contribution in [0.15, 0.2) is 18.3 Å². The Hall–Kier alpha value is -1.38. The highest BCUT2D eigenvalue weighted by molar-refractivity contribution is 5.96. The van der Waals surface area contributed by atoms with Crippen LogP contribution in [0.5, 0.6) is 0 Å². The Morgan fingerprint density at radius 2 is 1.88 bits per heavy atom. The molecule has 0 aliphatic heterocycles. The summed E-state index contributed by atoms with van der Waals surface area (Å²) in [5.74, 6) is 0.375. The van der Waals surface area contributed by atoms with Gasteiger partial charge in [0.25, 0.3) is 0 Å². The number of rotatable bonds is 2. The van der Waals surface area contributed by atoms with E-state index in [1.54, 1.807) is 18.3 Å². The van der Waals surface area contributed by atoms with Gasteiger partial charge in [0.2, 0.25) is 0 Å². The van der Waals surface area contributed by atoms with E-state index >= 15 is 0 Å². The predicted octanol–water partition coefficient (Wildman–Crippen LogP) is 2.82. The quantitative estimate of drug-likeness (QED) is 0.613. The van der Waals surface area contributed by atoms with Crippen molar-refractivity contribution in [2.75, 3.05) is 5.73 Å². The molecule has 0 saturated heterocycles. The number of Topliss-reactive ketones (excluding diaryl/α,β-unsaturated/α-hetero) is 1. The summed E-state index contributed by atoms with van der Waals surface area (Å²) in [6, 6.07) is 3.49. The van der Waals surface area contributed by atoms with Crippen molar-refractivity contribution in [3.8, 4) is 0 Å². The average molecular weight is 218 g/mol. The van der Waals surface area contributed by atoms with E-state index in [-0.39, 0.29) is 11.7 Å². The lowest BCUT2D eigenvalue weighted by Gasteiger charge is -2.11. The van der Waals surface area contributed by atoms with Gasteiger partial charge in [-0.3, -0.25) is 9.78 Å². The normalized spacial score (nSPS) is 18.0. The number of nitrogen functional groups attached to an aromatic ring is 1. The molecule has 2 rings (SSSR count). The molecule has 0 radical (unpaired) electrons. The van der Waals surface area contributed by atoms with Crippen molar-refractivity contribution in [2.45, 2.75) is 38.5 Å². The number of nitrogens with two attached hydrogens (primary N) is 1. The van der Waals surface area contributed by atoms with Gasteiger partial charge in [-0.25, -0.2) is 0 Å². The summed E-state index contributed by atoms with van der Waals surface area (Å²) in [4.78, 5) is 16.3. The van der Waals surface area contributed by atoms with Crippen LogP contribution in [0, 0.1) is 5.92 Å². The van der Waals surface area contributed by atoms with Crippen molar-refractivity contribution < 1.29 is 4.79 Å². The van der Waals surface area contributed by atoms with E-state index in [2.05, 4.69) is 4.98 Å². The van der Waals surface area contributed by atoms with Gasteiger partial charge in [0.1, 0.15) is 5.69 Å². The predicted molar refractivity (Wildman–Crippen MR) is 64.2 cm³/mol. The van der Waals surface area contributed by atoms with Crippen molar-refractivity contribution in [3.63, 3.8) is 0 Å². The summed E-state index contributed by atoms with van der Waals surface area (Å²) in [6.07, 6.45) is 8.47. The summed E-state index contributed by atoms with van der Waals surface area (Å²) in [5.41, 5.74) is 6.74. The average Bonchev–Trinajstić information content (AvgIpc) is 2.57. The molecular formula is C13H18N2O. The van der Waals surface area contributed by atoms with Gasteiger partial charge in [-0.2, -0.15) is 0 Å². The summed E-state index contributed by atoms with van der Waals surface area (Å²) in [6.45, 7) is 0. The van der Waals surface area contributed by atoms with E-state index in [1.807, 2.05) is 0 Å². The molecule has 1 aromatic heterocycles. The van der Waals surface area contributed by atoms with Crippen molar-refractivity contribution in [3.05, 3.63) is 24.0 Å². The molecular weight excluding hydrogens is 200 g/mol. The fourth-order valence-electron chi connectivity index (χ4n) is 2.30. The molecule has 0 unspecified atom stereocenters. The SMILES string of the molecule is Nc1ccc(C(=O)C2CCCCCC2)nc1. The van der Waals surface area contributed by atoms with Gasteiger partial charge in [-0.15, -0.1) is 0 Å². The van der Waals surface area contributed by atoms with Crippen molar-refractivity contribution in [1.82, 2.24) is 4.98 Å². The van der Waals surface area contributed by atoms with Crippen LogP contribution in [-0.4, -0.2) is 10.8 Å². The zero-order chi connectivity index (χ0) is 11.4. The molecule has 1 saturated carbocycles. The third kappa shape index (κ3) is 2.60. The van der Waals surface area contributed by atoms with E-state index in [4.69, 9.17) is 5.73 Å². The Bertz CT molecular complexity index is 351. The lowest BCUT2D eigenvalue weighted by Crippen LogP contribution is -2.15. The Labute approximate surface area is 96.1 Å². The first-order valence-electron chi connectivity index (χ1n) is 6.03. The fraction of sp³-hybridized carbons (Fsp3) is 0.538. The van der Waals surface area contributed by atoms with Gasteiger partial charge in [-0.05, 0) is 25.0 Å². The summed E-state index contributed by atoms with van der Waals surface area (Å²) >= 11 is 0. The Morgan fingerprint density at radius 1 is 1.19 bits per heavy atom. The second-order valence-electron chi connectivity index (χ2n) is 4.53. The first kappa shape index (κ1) is 11.1. The third-order valence-electron chi connectivity index (χ3n) is 3.26. The summed E-state index contributed by atoms with van der Waals surface area (Å²) < 4.78 is 0. The van der Waals surface area contributed by atoms with E-state index in [1.165, 1.54) is 25.7 Å². The van der Waals surface area contributed by atoms with Crippen LogP contribution < -0.4 is 5.73 Å². The monoisotopic (exact) mass is 218 g/mol. The van der Waals surface area contributed by atoms with Gasteiger partial charge in [0, 0.05) is 5.92 Å². The second kappa shape index (κ2) is 5.10. The lowest BCUT2D eigenvalue weighted by atomic mass is 9.93. The smallest absolute Gasteiger partial charge is 0.184 e. The largest absolute Gasteiger partial charge is 0.397 e. The van der Waals surface area contributed by atoms with Gasteiger partial charge in [-0.1, -0.05) is 25.7 Å². The molecule has 0 aromatic carbocycles. The minimum Gasteiger partial charge on any atom is -0.397 e. The molecule has 0 amide bonds. The van der Waals surface area contributed by atoms with Gasteiger partial charge in [0.15, 0.2) is 5.78 Å². The van der Waals surface area contributed by atoms with E-state index in [9.17, 15) is 4.79 Å². The molecule has 3 nitrogen and oxygen atoms in total. The van der Waals surface area contributed by atoms with Crippen LogP contribution in [0.3, 0.4) is 0 Å². The first-order valence-corrected chi connectivity index (χ1v) is 6.03. The number of carbonyl (C=O) groups excluding carboxylic acids is 1. The molecule has 1 aliphatic carbocycles. The Morgan fingerprint density at radius 3 is 2.44 bits per heavy atom. The summed E-state index contributed by atoms with van der Waals surface area (Å²) in [7, 11) is 0. The van der Waals surface area contributed by atoms with E-state index in [0.717, 1.165) is 12.8 Å². The number of ketones is 1. The number of carbonyl (C=O) groups is 1. The number of pyridine rings is 1. The molecule has 16 heavy (non-hydrogen) atoms. The number of hydrogen-bond acceptors (Lipinski definition) is 3. The molecule has 1 aliphatic rings. The first-order chi connectivity index (χ1) is 7.77. The van der Waals surface area contributed by atoms with Crippen LogP contribution in [0.25, 0.3) is 0 Å². The summed E-state index contributed by atoms with van der Waals surface area (Å²) in [5, 5.41) is 0. The van der Waals surface area contributed by atoms with Crippen LogP contribution >= 0.6 is 0 Å². The van der Waals surface area contributed by atoms with Gasteiger partial charge in [0.05, 0.1) is 11.9 Å². The van der Waals surface area contributed by atoms with E-state index < -0.39 is 0 Å². The van der Waals surface area contributed by atoms with E-state index in [0.29, 0.717) is 11.4 Å². The zero-order valence-electron chi connectivity index (χ0n) is 9.48. The van der Waals surface area contributed by atoms with Crippen LogP contribution in [0.1, 0.15) is 49.0 Å². The Balaban J connectivity index is 2.08. The topological polar surface area (TPSA) is 56.0 Å². The fourth-order valence-corrected chi connectivity index (χ4v) is 2.30. The minimum absolute atomic E-state index is 0.179. The highest BCUT2D eigenvalue weighted by atomic mass is 16.1.